The van der Waals surface area contributed by atoms with Gasteiger partial charge in [-0.2, -0.15) is 0 Å². The van der Waals surface area contributed by atoms with Crippen molar-refractivity contribution in [2.45, 2.75) is 0 Å². The van der Waals surface area contributed by atoms with Crippen molar-refractivity contribution < 1.29 is 19.2 Å². The molecule has 1 aliphatic heterocycles. The smallest absolute Gasteiger partial charge is 0.311 e. The molecule has 0 aromatic heterocycles. The Hall–Kier alpha value is -2.41. The van der Waals surface area contributed by atoms with E-state index < -0.39 is 4.92 Å². The van der Waals surface area contributed by atoms with Gasteiger partial charge in [-0.1, -0.05) is 6.07 Å². The maximum absolute atomic E-state index is 11.9. The molecule has 0 saturated carbocycles. The SMILES string of the molecule is COc1ccc(/C=C/C(=O)N2CCOCC2)cc1[N+](=O)[O-]. The second-order valence-corrected chi connectivity index (χ2v) is 4.46. The lowest BCUT2D eigenvalue weighted by Crippen LogP contribution is -2.39. The van der Waals surface area contributed by atoms with Crippen LogP contribution in [0.25, 0.3) is 6.08 Å². The summed E-state index contributed by atoms with van der Waals surface area (Å²) in [6.45, 7) is 2.19. The number of carbonyl (C=O) groups is 1. The lowest BCUT2D eigenvalue weighted by atomic mass is 10.1. The highest BCUT2D eigenvalue weighted by atomic mass is 16.6. The summed E-state index contributed by atoms with van der Waals surface area (Å²) < 4.78 is 10.1. The van der Waals surface area contributed by atoms with Gasteiger partial charge in [-0.25, -0.2) is 0 Å². The lowest BCUT2D eigenvalue weighted by Gasteiger charge is -2.25. The van der Waals surface area contributed by atoms with Gasteiger partial charge in [-0.15, -0.1) is 0 Å². The molecule has 0 spiro atoms. The standard InChI is InChI=1S/C14H16N2O5/c1-20-13-4-2-11(10-12(13)16(18)19)3-5-14(17)15-6-8-21-9-7-15/h2-5,10H,6-9H2,1H3/b5-3+. The number of carbonyl (C=O) groups excluding carboxylic acids is 1. The number of ether oxygens (including phenoxy) is 2. The molecule has 1 aliphatic rings. The molecular weight excluding hydrogens is 276 g/mol. The van der Waals surface area contributed by atoms with E-state index in [-0.39, 0.29) is 17.3 Å². The van der Waals surface area contributed by atoms with Gasteiger partial charge >= 0.3 is 5.69 Å². The maximum Gasteiger partial charge on any atom is 0.311 e. The molecule has 7 heteroatoms. The van der Waals surface area contributed by atoms with Crippen LogP contribution >= 0.6 is 0 Å². The zero-order valence-electron chi connectivity index (χ0n) is 11.7. The predicted octanol–water partition coefficient (Wildman–Crippen LogP) is 1.48. The third-order valence-corrected chi connectivity index (χ3v) is 3.14. The third kappa shape index (κ3) is 3.79. The molecule has 1 heterocycles. The summed E-state index contributed by atoms with van der Waals surface area (Å²) in [7, 11) is 1.37. The molecule has 0 bridgehead atoms. The number of amides is 1. The molecule has 1 saturated heterocycles. The van der Waals surface area contributed by atoms with Crippen molar-refractivity contribution in [2.24, 2.45) is 0 Å². The minimum atomic E-state index is -0.514. The number of benzene rings is 1. The lowest BCUT2D eigenvalue weighted by molar-refractivity contribution is -0.385. The molecular formula is C14H16N2O5. The second kappa shape index (κ2) is 6.85. The molecule has 0 radical (unpaired) electrons. The molecule has 0 unspecified atom stereocenters. The van der Waals surface area contributed by atoms with Crippen LogP contribution in [0.1, 0.15) is 5.56 Å². The van der Waals surface area contributed by atoms with Crippen molar-refractivity contribution in [3.63, 3.8) is 0 Å². The predicted molar refractivity (Wildman–Crippen MR) is 76.1 cm³/mol. The van der Waals surface area contributed by atoms with Gasteiger partial charge < -0.3 is 14.4 Å². The van der Waals surface area contributed by atoms with Crippen molar-refractivity contribution in [3.8, 4) is 5.75 Å². The Morgan fingerprint density at radius 3 is 2.76 bits per heavy atom. The number of methoxy groups -OCH3 is 1. The first-order chi connectivity index (χ1) is 10.1. The van der Waals surface area contributed by atoms with E-state index in [1.54, 1.807) is 17.0 Å². The van der Waals surface area contributed by atoms with Crippen LogP contribution in [0.5, 0.6) is 5.75 Å². The van der Waals surface area contributed by atoms with Crippen molar-refractivity contribution >= 4 is 17.7 Å². The number of nitrogens with zero attached hydrogens (tertiary/aromatic N) is 2. The molecule has 0 atom stereocenters. The van der Waals surface area contributed by atoms with Crippen LogP contribution < -0.4 is 4.74 Å². The van der Waals surface area contributed by atoms with Crippen LogP contribution in [0.2, 0.25) is 0 Å². The summed E-state index contributed by atoms with van der Waals surface area (Å²) in [5, 5.41) is 10.9. The van der Waals surface area contributed by atoms with Crippen LogP contribution in [0, 0.1) is 10.1 Å². The van der Waals surface area contributed by atoms with Crippen LogP contribution in [0.4, 0.5) is 5.69 Å². The molecule has 7 nitrogen and oxygen atoms in total. The van der Waals surface area contributed by atoms with Crippen LogP contribution in [-0.4, -0.2) is 49.1 Å². The highest BCUT2D eigenvalue weighted by Gasteiger charge is 2.16. The van der Waals surface area contributed by atoms with Crippen molar-refractivity contribution in [1.82, 2.24) is 4.90 Å². The zero-order chi connectivity index (χ0) is 15.2. The Morgan fingerprint density at radius 2 is 2.14 bits per heavy atom. The second-order valence-electron chi connectivity index (χ2n) is 4.46. The van der Waals surface area contributed by atoms with Gasteiger partial charge in [0.1, 0.15) is 0 Å². The number of morpholine rings is 1. The molecule has 112 valence electrons. The van der Waals surface area contributed by atoms with E-state index in [0.717, 1.165) is 0 Å². The number of hydrogen-bond donors (Lipinski definition) is 0. The van der Waals surface area contributed by atoms with Crippen molar-refractivity contribution in [2.75, 3.05) is 33.4 Å². The van der Waals surface area contributed by atoms with E-state index in [0.29, 0.717) is 31.9 Å². The van der Waals surface area contributed by atoms with Crippen LogP contribution in [0.3, 0.4) is 0 Å². The van der Waals surface area contributed by atoms with Gasteiger partial charge in [-0.05, 0) is 17.7 Å². The highest BCUT2D eigenvalue weighted by molar-refractivity contribution is 5.92. The Morgan fingerprint density at radius 1 is 1.43 bits per heavy atom. The monoisotopic (exact) mass is 292 g/mol. The maximum atomic E-state index is 11.9. The number of rotatable bonds is 4. The summed E-state index contributed by atoms with van der Waals surface area (Å²) in [5.74, 6) is 0.0634. The topological polar surface area (TPSA) is 81.9 Å². The van der Waals surface area contributed by atoms with E-state index in [1.807, 2.05) is 0 Å². The Bertz CT molecular complexity index is 564. The highest BCUT2D eigenvalue weighted by Crippen LogP contribution is 2.27. The van der Waals surface area contributed by atoms with Crippen molar-refractivity contribution in [1.29, 1.82) is 0 Å². The quantitative estimate of drug-likeness (QED) is 0.477. The minimum Gasteiger partial charge on any atom is -0.490 e. The molecule has 1 amide bonds. The average molecular weight is 292 g/mol. The number of nitro benzene ring substituents is 1. The Balaban J connectivity index is 2.11. The van der Waals surface area contributed by atoms with E-state index in [4.69, 9.17) is 9.47 Å². The largest absolute Gasteiger partial charge is 0.490 e. The van der Waals surface area contributed by atoms with Crippen LogP contribution in [0.15, 0.2) is 24.3 Å². The number of hydrogen-bond acceptors (Lipinski definition) is 5. The molecule has 21 heavy (non-hydrogen) atoms. The molecule has 1 aromatic carbocycles. The average Bonchev–Trinajstić information content (AvgIpc) is 2.53. The Kier molecular flexibility index (Phi) is 4.89. The summed E-state index contributed by atoms with van der Waals surface area (Å²) in [6, 6.07) is 4.55. The van der Waals surface area contributed by atoms with Gasteiger partial charge in [0.15, 0.2) is 5.75 Å². The van der Waals surface area contributed by atoms with Gasteiger partial charge in [-0.3, -0.25) is 14.9 Å². The number of nitro groups is 1. The van der Waals surface area contributed by atoms with E-state index in [2.05, 4.69) is 0 Å². The van der Waals surface area contributed by atoms with Gasteiger partial charge in [0, 0.05) is 25.2 Å². The summed E-state index contributed by atoms with van der Waals surface area (Å²) in [6.07, 6.45) is 2.97. The first-order valence-corrected chi connectivity index (χ1v) is 6.49. The first kappa shape index (κ1) is 15.0. The molecule has 0 aliphatic carbocycles. The fourth-order valence-corrected chi connectivity index (χ4v) is 2.01. The molecule has 1 aromatic rings. The normalized spacial score (nSPS) is 15.2. The summed E-state index contributed by atoms with van der Waals surface area (Å²) in [4.78, 5) is 24.0. The fraction of sp³-hybridized carbons (Fsp3) is 0.357. The molecule has 2 rings (SSSR count). The molecule has 1 fully saturated rings. The van der Waals surface area contributed by atoms with Gasteiger partial charge in [0.2, 0.25) is 5.91 Å². The van der Waals surface area contributed by atoms with E-state index >= 15 is 0 Å². The first-order valence-electron chi connectivity index (χ1n) is 6.49. The Labute approximate surface area is 121 Å². The van der Waals surface area contributed by atoms with Gasteiger partial charge in [0.25, 0.3) is 0 Å². The van der Waals surface area contributed by atoms with E-state index in [9.17, 15) is 14.9 Å². The minimum absolute atomic E-state index is 0.126. The van der Waals surface area contributed by atoms with Crippen LogP contribution in [-0.2, 0) is 9.53 Å². The molecule has 0 N–H and O–H groups in total. The third-order valence-electron chi connectivity index (χ3n) is 3.14. The fourth-order valence-electron chi connectivity index (χ4n) is 2.01. The summed E-state index contributed by atoms with van der Waals surface area (Å²) in [5.41, 5.74) is 0.447. The summed E-state index contributed by atoms with van der Waals surface area (Å²) >= 11 is 0. The van der Waals surface area contributed by atoms with Crippen molar-refractivity contribution in [3.05, 3.63) is 40.0 Å². The van der Waals surface area contributed by atoms with E-state index in [1.165, 1.54) is 25.3 Å². The van der Waals surface area contributed by atoms with Gasteiger partial charge in [0.05, 0.1) is 25.2 Å². The zero-order valence-corrected chi connectivity index (χ0v) is 11.7.